The van der Waals surface area contributed by atoms with Crippen molar-refractivity contribution in [3.63, 3.8) is 0 Å². The van der Waals surface area contributed by atoms with E-state index in [4.69, 9.17) is 9.47 Å². The van der Waals surface area contributed by atoms with Crippen LogP contribution in [-0.2, 0) is 9.53 Å². The molecule has 7 heteroatoms. The number of likely N-dealkylation sites (tertiary alicyclic amines) is 1. The SMILES string of the molecule is COCCN1C[C@]2(CCCN(c3ccnc(OC)c3C#N)C2)CCC1=O. The largest absolute Gasteiger partial charge is 0.480 e. The molecule has 3 rings (SSSR count). The molecule has 0 aromatic carbocycles. The van der Waals surface area contributed by atoms with Crippen molar-refractivity contribution in [1.29, 1.82) is 5.26 Å². The van der Waals surface area contributed by atoms with Gasteiger partial charge in [-0.1, -0.05) is 0 Å². The zero-order chi connectivity index (χ0) is 18.6. The van der Waals surface area contributed by atoms with Crippen LogP contribution in [0.4, 0.5) is 5.69 Å². The molecule has 1 aromatic heterocycles. The molecule has 26 heavy (non-hydrogen) atoms. The second-order valence-corrected chi connectivity index (χ2v) is 7.16. The molecule has 2 saturated heterocycles. The number of hydrogen-bond acceptors (Lipinski definition) is 6. The van der Waals surface area contributed by atoms with Gasteiger partial charge in [0.15, 0.2) is 0 Å². The maximum Gasteiger partial charge on any atom is 0.233 e. The number of ether oxygens (including phenoxy) is 2. The van der Waals surface area contributed by atoms with E-state index in [0.29, 0.717) is 31.0 Å². The molecule has 2 aliphatic rings. The Labute approximate surface area is 154 Å². The van der Waals surface area contributed by atoms with Crippen molar-refractivity contribution in [2.75, 3.05) is 51.9 Å². The monoisotopic (exact) mass is 358 g/mol. The Morgan fingerprint density at radius 3 is 2.92 bits per heavy atom. The van der Waals surface area contributed by atoms with Gasteiger partial charge in [-0.3, -0.25) is 4.79 Å². The summed E-state index contributed by atoms with van der Waals surface area (Å²) in [5.74, 6) is 0.582. The van der Waals surface area contributed by atoms with Crippen LogP contribution < -0.4 is 9.64 Å². The summed E-state index contributed by atoms with van der Waals surface area (Å²) in [4.78, 5) is 20.6. The summed E-state index contributed by atoms with van der Waals surface area (Å²) in [5, 5.41) is 9.57. The number of pyridine rings is 1. The van der Waals surface area contributed by atoms with Crippen LogP contribution in [0.15, 0.2) is 12.3 Å². The lowest BCUT2D eigenvalue weighted by Crippen LogP contribution is -2.54. The van der Waals surface area contributed by atoms with Crippen molar-refractivity contribution in [2.24, 2.45) is 5.41 Å². The smallest absolute Gasteiger partial charge is 0.233 e. The Bertz CT molecular complexity index is 703. The van der Waals surface area contributed by atoms with E-state index in [1.54, 1.807) is 13.3 Å². The lowest BCUT2D eigenvalue weighted by atomic mass is 9.73. The van der Waals surface area contributed by atoms with Gasteiger partial charge in [0, 0.05) is 51.3 Å². The highest BCUT2D eigenvalue weighted by Crippen LogP contribution is 2.41. The molecular weight excluding hydrogens is 332 g/mol. The number of amides is 1. The first kappa shape index (κ1) is 18.5. The van der Waals surface area contributed by atoms with Gasteiger partial charge < -0.3 is 19.3 Å². The summed E-state index contributed by atoms with van der Waals surface area (Å²) in [6.07, 6.45) is 5.32. The predicted octanol–water partition coefficient (Wildman–Crippen LogP) is 1.82. The molecule has 0 saturated carbocycles. The lowest BCUT2D eigenvalue weighted by Gasteiger charge is -2.49. The van der Waals surface area contributed by atoms with Crippen molar-refractivity contribution in [2.45, 2.75) is 25.7 Å². The third kappa shape index (κ3) is 3.61. The normalized spacial score (nSPS) is 23.2. The first-order valence-electron chi connectivity index (χ1n) is 9.07. The van der Waals surface area contributed by atoms with E-state index >= 15 is 0 Å². The second-order valence-electron chi connectivity index (χ2n) is 7.16. The van der Waals surface area contributed by atoms with E-state index in [1.165, 1.54) is 7.11 Å². The molecule has 1 aromatic rings. The molecule has 0 N–H and O–H groups in total. The Hall–Kier alpha value is -2.33. The Kier molecular flexibility index (Phi) is 5.62. The van der Waals surface area contributed by atoms with Gasteiger partial charge in [0.2, 0.25) is 11.8 Å². The maximum absolute atomic E-state index is 12.3. The van der Waals surface area contributed by atoms with E-state index in [2.05, 4.69) is 16.0 Å². The average molecular weight is 358 g/mol. The van der Waals surface area contributed by atoms with Crippen LogP contribution in [0, 0.1) is 16.7 Å². The quantitative estimate of drug-likeness (QED) is 0.799. The summed E-state index contributed by atoms with van der Waals surface area (Å²) in [6, 6.07) is 4.12. The molecule has 1 atom stereocenters. The summed E-state index contributed by atoms with van der Waals surface area (Å²) < 4.78 is 10.4. The number of methoxy groups -OCH3 is 2. The molecule has 140 valence electrons. The molecule has 0 bridgehead atoms. The van der Waals surface area contributed by atoms with E-state index in [-0.39, 0.29) is 11.3 Å². The third-order valence-electron chi connectivity index (χ3n) is 5.51. The number of carbonyl (C=O) groups is 1. The van der Waals surface area contributed by atoms with Gasteiger partial charge in [0.1, 0.15) is 11.6 Å². The van der Waals surface area contributed by atoms with Crippen molar-refractivity contribution < 1.29 is 14.3 Å². The highest BCUT2D eigenvalue weighted by molar-refractivity contribution is 5.77. The molecule has 0 aliphatic carbocycles. The summed E-state index contributed by atoms with van der Waals surface area (Å²) in [7, 11) is 3.19. The van der Waals surface area contributed by atoms with Gasteiger partial charge in [-0.2, -0.15) is 5.26 Å². The number of aromatic nitrogens is 1. The zero-order valence-corrected chi connectivity index (χ0v) is 15.5. The highest BCUT2D eigenvalue weighted by Gasteiger charge is 2.42. The van der Waals surface area contributed by atoms with E-state index in [1.807, 2.05) is 11.0 Å². The van der Waals surface area contributed by atoms with Crippen LogP contribution in [0.25, 0.3) is 0 Å². The molecular formula is C19H26N4O3. The highest BCUT2D eigenvalue weighted by atomic mass is 16.5. The maximum atomic E-state index is 12.3. The third-order valence-corrected chi connectivity index (χ3v) is 5.51. The minimum absolute atomic E-state index is 0.0726. The van der Waals surface area contributed by atoms with Crippen LogP contribution in [0.1, 0.15) is 31.2 Å². The van der Waals surface area contributed by atoms with Crippen LogP contribution in [0.2, 0.25) is 0 Å². The van der Waals surface area contributed by atoms with Crippen LogP contribution in [0.5, 0.6) is 5.88 Å². The lowest BCUT2D eigenvalue weighted by molar-refractivity contribution is -0.138. The first-order valence-corrected chi connectivity index (χ1v) is 9.07. The fraction of sp³-hybridized carbons (Fsp3) is 0.632. The average Bonchev–Trinajstić information content (AvgIpc) is 2.68. The van der Waals surface area contributed by atoms with Crippen molar-refractivity contribution in [3.8, 4) is 11.9 Å². The van der Waals surface area contributed by atoms with Gasteiger partial charge in [-0.15, -0.1) is 0 Å². The van der Waals surface area contributed by atoms with Gasteiger partial charge in [-0.05, 0) is 25.3 Å². The number of carbonyl (C=O) groups excluding carboxylic acids is 1. The number of anilines is 1. The van der Waals surface area contributed by atoms with Gasteiger partial charge >= 0.3 is 0 Å². The van der Waals surface area contributed by atoms with E-state index < -0.39 is 0 Å². The first-order chi connectivity index (χ1) is 12.6. The molecule has 1 amide bonds. The zero-order valence-electron chi connectivity index (χ0n) is 15.5. The number of rotatable bonds is 5. The standard InChI is InChI=1S/C19H26N4O3/c1-25-11-10-23-14-19(7-4-17(23)24)6-3-9-22(13-19)16-5-8-21-18(26-2)15(16)12-20/h5,8H,3-4,6-7,9-11,13-14H2,1-2H3/t19-/m1/s1. The Morgan fingerprint density at radius 2 is 2.19 bits per heavy atom. The van der Waals surface area contributed by atoms with Gasteiger partial charge in [0.05, 0.1) is 19.4 Å². The van der Waals surface area contributed by atoms with Crippen LogP contribution in [-0.4, -0.2) is 62.8 Å². The molecule has 7 nitrogen and oxygen atoms in total. The molecule has 0 radical (unpaired) electrons. The van der Waals surface area contributed by atoms with Gasteiger partial charge in [0.25, 0.3) is 0 Å². The van der Waals surface area contributed by atoms with Gasteiger partial charge in [-0.25, -0.2) is 4.98 Å². The Morgan fingerprint density at radius 1 is 1.35 bits per heavy atom. The minimum atomic E-state index is 0.0726. The summed E-state index contributed by atoms with van der Waals surface area (Å²) in [6.45, 7) is 3.70. The number of hydrogen-bond donors (Lipinski definition) is 0. The van der Waals surface area contributed by atoms with Crippen molar-refractivity contribution in [3.05, 3.63) is 17.8 Å². The molecule has 3 heterocycles. The molecule has 2 fully saturated rings. The minimum Gasteiger partial charge on any atom is -0.480 e. The number of nitriles is 1. The molecule has 1 spiro atoms. The predicted molar refractivity (Wildman–Crippen MR) is 97.1 cm³/mol. The second kappa shape index (κ2) is 7.92. The van der Waals surface area contributed by atoms with E-state index in [9.17, 15) is 10.1 Å². The van der Waals surface area contributed by atoms with E-state index in [0.717, 1.165) is 44.6 Å². The Balaban J connectivity index is 1.81. The van der Waals surface area contributed by atoms with Crippen molar-refractivity contribution >= 4 is 11.6 Å². The fourth-order valence-electron chi connectivity index (χ4n) is 4.21. The number of nitrogens with zero attached hydrogens (tertiary/aromatic N) is 4. The summed E-state index contributed by atoms with van der Waals surface area (Å²) >= 11 is 0. The van der Waals surface area contributed by atoms with Crippen LogP contribution in [0.3, 0.4) is 0 Å². The van der Waals surface area contributed by atoms with Crippen molar-refractivity contribution in [1.82, 2.24) is 9.88 Å². The summed E-state index contributed by atoms with van der Waals surface area (Å²) in [5.41, 5.74) is 1.43. The van der Waals surface area contributed by atoms with Crippen LogP contribution >= 0.6 is 0 Å². The number of piperidine rings is 2. The molecule has 0 unspecified atom stereocenters. The fourth-order valence-corrected chi connectivity index (χ4v) is 4.21. The molecule has 2 aliphatic heterocycles. The topological polar surface area (TPSA) is 78.7 Å².